The highest BCUT2D eigenvalue weighted by molar-refractivity contribution is 5.71. The van der Waals surface area contributed by atoms with Crippen LogP contribution in [0.25, 0.3) is 0 Å². The molecule has 0 aliphatic rings. The molecule has 1 atom stereocenters. The number of carbonyl (C=O) groups excluding carboxylic acids is 3. The molecule has 0 saturated carbocycles. The molecule has 0 aromatic carbocycles. The van der Waals surface area contributed by atoms with Crippen molar-refractivity contribution in [1.29, 1.82) is 0 Å². The number of ether oxygens (including phenoxy) is 3. The zero-order chi connectivity index (χ0) is 55.7. The molecule has 446 valence electrons. The van der Waals surface area contributed by atoms with Crippen LogP contribution in [-0.4, -0.2) is 37.2 Å². The number of esters is 3. The molecule has 0 N–H and O–H groups in total. The van der Waals surface area contributed by atoms with Crippen molar-refractivity contribution in [3.8, 4) is 0 Å². The van der Waals surface area contributed by atoms with Crippen molar-refractivity contribution >= 4 is 17.9 Å². The number of unbranched alkanes of at least 4 members (excludes halogenated alkanes) is 38. The van der Waals surface area contributed by atoms with E-state index < -0.39 is 6.10 Å². The van der Waals surface area contributed by atoms with E-state index in [0.717, 1.165) is 103 Å². The predicted octanol–water partition coefficient (Wildman–Crippen LogP) is 22.9. The Kier molecular flexibility index (Phi) is 62.7. The van der Waals surface area contributed by atoms with Crippen molar-refractivity contribution in [1.82, 2.24) is 0 Å². The first kappa shape index (κ1) is 73.8. The Balaban J connectivity index is 4.39. The van der Waals surface area contributed by atoms with Gasteiger partial charge in [-0.1, -0.05) is 299 Å². The van der Waals surface area contributed by atoms with E-state index in [1.54, 1.807) is 0 Å². The summed E-state index contributed by atoms with van der Waals surface area (Å²) in [7, 11) is 0. The summed E-state index contributed by atoms with van der Waals surface area (Å²) in [5.74, 6) is -0.882. The van der Waals surface area contributed by atoms with Gasteiger partial charge in [0.2, 0.25) is 0 Å². The van der Waals surface area contributed by atoms with E-state index in [9.17, 15) is 14.4 Å². The summed E-state index contributed by atoms with van der Waals surface area (Å²) >= 11 is 0. The number of hydrogen-bond acceptors (Lipinski definition) is 6. The third-order valence-electron chi connectivity index (χ3n) is 14.7. The molecule has 77 heavy (non-hydrogen) atoms. The number of allylic oxidation sites excluding steroid dienone is 12. The van der Waals surface area contributed by atoms with Crippen LogP contribution in [0.4, 0.5) is 0 Å². The molecule has 6 heteroatoms. The lowest BCUT2D eigenvalue weighted by molar-refractivity contribution is -0.167. The third kappa shape index (κ3) is 63.6. The van der Waals surface area contributed by atoms with Crippen LogP contribution in [0.15, 0.2) is 72.9 Å². The van der Waals surface area contributed by atoms with Crippen LogP contribution in [0.3, 0.4) is 0 Å². The van der Waals surface area contributed by atoms with Gasteiger partial charge in [0.25, 0.3) is 0 Å². The topological polar surface area (TPSA) is 78.9 Å². The highest BCUT2D eigenvalue weighted by atomic mass is 16.6. The predicted molar refractivity (Wildman–Crippen MR) is 335 cm³/mol. The highest BCUT2D eigenvalue weighted by Gasteiger charge is 2.19. The van der Waals surface area contributed by atoms with Crippen LogP contribution in [-0.2, 0) is 28.6 Å². The quantitative estimate of drug-likeness (QED) is 0.0261. The average molecular weight is 1080 g/mol. The minimum Gasteiger partial charge on any atom is -0.462 e. The van der Waals surface area contributed by atoms with E-state index in [4.69, 9.17) is 14.2 Å². The largest absolute Gasteiger partial charge is 0.462 e. The fourth-order valence-electron chi connectivity index (χ4n) is 9.64. The minimum atomic E-state index is -0.786. The van der Waals surface area contributed by atoms with Crippen LogP contribution in [0, 0.1) is 0 Å². The summed E-state index contributed by atoms with van der Waals surface area (Å²) in [4.78, 5) is 38.4. The molecule has 0 aromatic heterocycles. The second-order valence-corrected chi connectivity index (χ2v) is 22.4. The average Bonchev–Trinajstić information content (AvgIpc) is 3.43. The van der Waals surface area contributed by atoms with Crippen molar-refractivity contribution in [2.24, 2.45) is 0 Å². The molecule has 0 saturated heterocycles. The maximum Gasteiger partial charge on any atom is 0.306 e. The van der Waals surface area contributed by atoms with Gasteiger partial charge in [-0.3, -0.25) is 14.4 Å². The molecule has 6 nitrogen and oxygen atoms in total. The first-order chi connectivity index (χ1) is 38.0. The highest BCUT2D eigenvalue weighted by Crippen LogP contribution is 2.17. The minimum absolute atomic E-state index is 0.0802. The van der Waals surface area contributed by atoms with Crippen LogP contribution < -0.4 is 0 Å². The zero-order valence-corrected chi connectivity index (χ0v) is 51.2. The Morgan fingerprint density at radius 3 is 0.753 bits per heavy atom. The summed E-state index contributed by atoms with van der Waals surface area (Å²) in [6, 6.07) is 0. The summed E-state index contributed by atoms with van der Waals surface area (Å²) in [5, 5.41) is 0. The van der Waals surface area contributed by atoms with Crippen molar-refractivity contribution in [3.05, 3.63) is 72.9 Å². The first-order valence-electron chi connectivity index (χ1n) is 33.4. The Morgan fingerprint density at radius 2 is 0.468 bits per heavy atom. The molecule has 1 unspecified atom stereocenters. The molecule has 0 heterocycles. The Bertz CT molecular complexity index is 1420. The second-order valence-electron chi connectivity index (χ2n) is 22.4. The van der Waals surface area contributed by atoms with Gasteiger partial charge in [-0.15, -0.1) is 0 Å². The van der Waals surface area contributed by atoms with E-state index in [-0.39, 0.29) is 31.1 Å². The molecule has 0 amide bonds. The molecule has 0 bridgehead atoms. The van der Waals surface area contributed by atoms with Gasteiger partial charge in [0.05, 0.1) is 0 Å². The van der Waals surface area contributed by atoms with Crippen molar-refractivity contribution < 1.29 is 28.6 Å². The summed E-state index contributed by atoms with van der Waals surface area (Å²) in [5.41, 5.74) is 0. The van der Waals surface area contributed by atoms with Gasteiger partial charge in [0.15, 0.2) is 6.10 Å². The van der Waals surface area contributed by atoms with Gasteiger partial charge in [0.1, 0.15) is 13.2 Å². The monoisotopic (exact) mass is 1070 g/mol. The normalized spacial score (nSPS) is 12.5. The summed E-state index contributed by atoms with van der Waals surface area (Å²) in [6.07, 6.45) is 84.7. The van der Waals surface area contributed by atoms with E-state index in [0.29, 0.717) is 19.3 Å². The van der Waals surface area contributed by atoms with E-state index in [2.05, 4.69) is 93.7 Å². The zero-order valence-electron chi connectivity index (χ0n) is 51.2. The van der Waals surface area contributed by atoms with Crippen LogP contribution >= 0.6 is 0 Å². The fourth-order valence-corrected chi connectivity index (χ4v) is 9.64. The van der Waals surface area contributed by atoms with Crippen molar-refractivity contribution in [2.45, 2.75) is 348 Å². The van der Waals surface area contributed by atoms with Gasteiger partial charge in [-0.2, -0.15) is 0 Å². The molecule has 0 rings (SSSR count). The van der Waals surface area contributed by atoms with Gasteiger partial charge in [-0.05, 0) is 96.3 Å². The maximum atomic E-state index is 12.9. The van der Waals surface area contributed by atoms with Crippen LogP contribution in [0.2, 0.25) is 0 Å². The molecule has 0 radical (unpaired) electrons. The number of rotatable bonds is 61. The molecule has 0 aliphatic heterocycles. The second kappa shape index (κ2) is 65.4. The Hall–Kier alpha value is -3.15. The van der Waals surface area contributed by atoms with Gasteiger partial charge in [-0.25, -0.2) is 0 Å². The van der Waals surface area contributed by atoms with Crippen LogP contribution in [0.5, 0.6) is 0 Å². The molecule has 0 spiro atoms. The maximum absolute atomic E-state index is 12.9. The van der Waals surface area contributed by atoms with Crippen LogP contribution in [0.1, 0.15) is 342 Å². The lowest BCUT2D eigenvalue weighted by atomic mass is 10.0. The lowest BCUT2D eigenvalue weighted by Gasteiger charge is -2.18. The van der Waals surface area contributed by atoms with Gasteiger partial charge >= 0.3 is 17.9 Å². The molecule has 0 aromatic rings. The molecule has 0 fully saturated rings. The fraction of sp³-hybridized carbons (Fsp3) is 0.789. The van der Waals surface area contributed by atoms with Gasteiger partial charge in [0, 0.05) is 19.3 Å². The SMILES string of the molecule is CCCCC/C=C\C/C=C\C/C=C\CCCCCCCCC(=O)OC(COC(=O)CCCCCCCCCC/C=C\C/C=C\C/C=C\CCCCCCC)COC(=O)CCCCCCCCCCCCCCCCCCC. The third-order valence-corrected chi connectivity index (χ3v) is 14.7. The van der Waals surface area contributed by atoms with Crippen molar-refractivity contribution in [3.63, 3.8) is 0 Å². The molecule has 0 aliphatic carbocycles. The molecular weight excluding hydrogens is 949 g/mol. The Morgan fingerprint density at radius 1 is 0.260 bits per heavy atom. The van der Waals surface area contributed by atoms with E-state index in [1.165, 1.54) is 199 Å². The first-order valence-corrected chi connectivity index (χ1v) is 33.4. The molecular formula is C71H126O6. The summed E-state index contributed by atoms with van der Waals surface area (Å²) < 4.78 is 17.0. The number of hydrogen-bond donors (Lipinski definition) is 0. The van der Waals surface area contributed by atoms with E-state index >= 15 is 0 Å². The Labute approximate surface area is 478 Å². The number of carbonyl (C=O) groups is 3. The lowest BCUT2D eigenvalue weighted by Crippen LogP contribution is -2.30. The van der Waals surface area contributed by atoms with Gasteiger partial charge < -0.3 is 14.2 Å². The smallest absolute Gasteiger partial charge is 0.306 e. The summed E-state index contributed by atoms with van der Waals surface area (Å²) in [6.45, 7) is 6.63. The van der Waals surface area contributed by atoms with E-state index in [1.807, 2.05) is 0 Å². The van der Waals surface area contributed by atoms with Crippen molar-refractivity contribution in [2.75, 3.05) is 13.2 Å². The standard InChI is InChI=1S/C71H126O6/c1-4-7-10-13-16-19-22-25-28-31-33-34-35-36-38-40-43-46-49-52-55-58-61-64-70(73)76-67-68(66-75-69(72)63-60-57-54-51-48-45-42-39-30-27-24-21-18-15-12-9-6-3)77-71(74)65-62-59-56-53-50-47-44-41-37-32-29-26-23-20-17-14-11-8-5-2/h17,20,22,25-26,29,31,33,35-37,41,68H,4-16,18-19,21,23-24,27-28,30,32,34,38-40,42-67H2,1-3H3/b20-17-,25-22-,29-26-,33-31-,36-35-,41-37-.